The van der Waals surface area contributed by atoms with Gasteiger partial charge in [0.25, 0.3) is 0 Å². The highest BCUT2D eigenvalue weighted by Crippen LogP contribution is 2.25. The molecule has 0 saturated carbocycles. The summed E-state index contributed by atoms with van der Waals surface area (Å²) in [6, 6.07) is 13.4. The molecule has 27 heavy (non-hydrogen) atoms. The van der Waals surface area contributed by atoms with Gasteiger partial charge in [-0.2, -0.15) is 0 Å². The van der Waals surface area contributed by atoms with Gasteiger partial charge >= 0.3 is 5.97 Å². The standard InChI is InChI=1S/C21H23NO5/c1-21(2,20(25)26)15-6-8-16(9-7-15)22-19(24)13-12-18(23)14-4-10-17(27-3)11-5-14/h4-11H,12-13H2,1-3H3,(H,22,24)(H,25,26). The van der Waals surface area contributed by atoms with E-state index in [-0.39, 0.29) is 24.5 Å². The fourth-order valence-corrected chi connectivity index (χ4v) is 2.47. The largest absolute Gasteiger partial charge is 0.497 e. The van der Waals surface area contributed by atoms with Gasteiger partial charge in [-0.1, -0.05) is 12.1 Å². The Bertz CT molecular complexity index is 823. The van der Waals surface area contributed by atoms with Crippen LogP contribution in [0.5, 0.6) is 5.75 Å². The molecule has 0 saturated heterocycles. The summed E-state index contributed by atoms with van der Waals surface area (Å²) in [6.45, 7) is 3.24. The molecule has 6 heteroatoms. The van der Waals surface area contributed by atoms with Crippen molar-refractivity contribution in [3.05, 3.63) is 59.7 Å². The summed E-state index contributed by atoms with van der Waals surface area (Å²) in [7, 11) is 1.55. The van der Waals surface area contributed by atoms with Crippen LogP contribution < -0.4 is 10.1 Å². The Morgan fingerprint density at radius 3 is 2.07 bits per heavy atom. The maximum Gasteiger partial charge on any atom is 0.313 e. The smallest absolute Gasteiger partial charge is 0.313 e. The summed E-state index contributed by atoms with van der Waals surface area (Å²) in [5.74, 6) is -0.649. The summed E-state index contributed by atoms with van der Waals surface area (Å²) >= 11 is 0. The van der Waals surface area contributed by atoms with Gasteiger partial charge in [-0.3, -0.25) is 14.4 Å². The Balaban J connectivity index is 1.89. The van der Waals surface area contributed by atoms with Gasteiger partial charge in [0.05, 0.1) is 12.5 Å². The molecule has 0 bridgehead atoms. The van der Waals surface area contributed by atoms with Gasteiger partial charge in [0.1, 0.15) is 5.75 Å². The third kappa shape index (κ3) is 5.17. The molecule has 0 radical (unpaired) electrons. The summed E-state index contributed by atoms with van der Waals surface area (Å²) < 4.78 is 5.05. The summed E-state index contributed by atoms with van der Waals surface area (Å²) in [5.41, 5.74) is 0.723. The molecule has 2 N–H and O–H groups in total. The fourth-order valence-electron chi connectivity index (χ4n) is 2.47. The summed E-state index contributed by atoms with van der Waals surface area (Å²) in [6.07, 6.45) is 0.162. The second-order valence-electron chi connectivity index (χ2n) is 6.71. The number of methoxy groups -OCH3 is 1. The van der Waals surface area contributed by atoms with E-state index in [1.165, 1.54) is 0 Å². The van der Waals surface area contributed by atoms with Crippen molar-refractivity contribution in [3.8, 4) is 5.75 Å². The molecule has 2 rings (SSSR count). The zero-order valence-electron chi connectivity index (χ0n) is 15.6. The van der Waals surface area contributed by atoms with Crippen LogP contribution in [-0.4, -0.2) is 29.9 Å². The molecule has 0 aromatic heterocycles. The maximum absolute atomic E-state index is 12.1. The monoisotopic (exact) mass is 369 g/mol. The number of carbonyl (C=O) groups excluding carboxylic acids is 2. The highest BCUT2D eigenvalue weighted by molar-refractivity contribution is 6.00. The molecule has 0 atom stereocenters. The van der Waals surface area contributed by atoms with Crippen molar-refractivity contribution in [2.24, 2.45) is 0 Å². The lowest BCUT2D eigenvalue weighted by molar-refractivity contribution is -0.142. The van der Waals surface area contributed by atoms with E-state index in [1.807, 2.05) is 0 Å². The van der Waals surface area contributed by atoms with E-state index in [1.54, 1.807) is 69.5 Å². The van der Waals surface area contributed by atoms with Crippen LogP contribution in [0.1, 0.15) is 42.6 Å². The van der Waals surface area contributed by atoms with E-state index in [0.29, 0.717) is 22.6 Å². The minimum absolute atomic E-state index is 0.0627. The number of nitrogens with one attached hydrogen (secondary N) is 1. The summed E-state index contributed by atoms with van der Waals surface area (Å²) in [5, 5.41) is 12.0. The number of ketones is 1. The molecule has 2 aromatic carbocycles. The lowest BCUT2D eigenvalue weighted by Gasteiger charge is -2.19. The van der Waals surface area contributed by atoms with E-state index in [2.05, 4.69) is 5.32 Å². The first-order valence-corrected chi connectivity index (χ1v) is 8.55. The Hall–Kier alpha value is -3.15. The highest BCUT2D eigenvalue weighted by atomic mass is 16.5. The molecule has 0 fully saturated rings. The van der Waals surface area contributed by atoms with Crippen molar-refractivity contribution in [2.45, 2.75) is 32.1 Å². The SMILES string of the molecule is COc1ccc(C(=O)CCC(=O)Nc2ccc(C(C)(C)C(=O)O)cc2)cc1. The van der Waals surface area contributed by atoms with E-state index in [9.17, 15) is 19.5 Å². The van der Waals surface area contributed by atoms with Gasteiger partial charge in [0.2, 0.25) is 5.91 Å². The Labute approximate surface area is 158 Å². The highest BCUT2D eigenvalue weighted by Gasteiger charge is 2.29. The van der Waals surface area contributed by atoms with Crippen molar-refractivity contribution in [2.75, 3.05) is 12.4 Å². The predicted molar refractivity (Wildman–Crippen MR) is 102 cm³/mol. The number of ether oxygens (including phenoxy) is 1. The lowest BCUT2D eigenvalue weighted by Crippen LogP contribution is -2.28. The van der Waals surface area contributed by atoms with Gasteiger partial charge in [-0.25, -0.2) is 0 Å². The molecule has 0 spiro atoms. The molecule has 0 aliphatic heterocycles. The predicted octanol–water partition coefficient (Wildman–Crippen LogP) is 3.66. The number of carbonyl (C=O) groups is 3. The van der Waals surface area contributed by atoms with Crippen LogP contribution in [0.3, 0.4) is 0 Å². The molecular weight excluding hydrogens is 346 g/mol. The normalized spacial score (nSPS) is 10.9. The van der Waals surface area contributed by atoms with E-state index >= 15 is 0 Å². The number of hydrogen-bond donors (Lipinski definition) is 2. The average molecular weight is 369 g/mol. The zero-order chi connectivity index (χ0) is 20.0. The molecule has 0 aliphatic carbocycles. The minimum Gasteiger partial charge on any atom is -0.497 e. The first kappa shape index (κ1) is 20.2. The number of carboxylic acid groups (broad SMARTS) is 1. The van der Waals surface area contributed by atoms with Crippen LogP contribution in [0.4, 0.5) is 5.69 Å². The second-order valence-corrected chi connectivity index (χ2v) is 6.71. The quantitative estimate of drug-likeness (QED) is 0.693. The number of amides is 1. The summed E-state index contributed by atoms with van der Waals surface area (Å²) in [4.78, 5) is 35.5. The zero-order valence-corrected chi connectivity index (χ0v) is 15.6. The Morgan fingerprint density at radius 1 is 0.963 bits per heavy atom. The number of benzene rings is 2. The van der Waals surface area contributed by atoms with Gasteiger partial charge < -0.3 is 15.2 Å². The molecule has 0 heterocycles. The first-order chi connectivity index (χ1) is 12.7. The number of anilines is 1. The lowest BCUT2D eigenvalue weighted by atomic mass is 9.85. The van der Waals surface area contributed by atoms with Crippen LogP contribution in [0.2, 0.25) is 0 Å². The van der Waals surface area contributed by atoms with Crippen molar-refractivity contribution in [1.29, 1.82) is 0 Å². The third-order valence-electron chi connectivity index (χ3n) is 4.42. The maximum atomic E-state index is 12.1. The molecule has 6 nitrogen and oxygen atoms in total. The molecular formula is C21H23NO5. The van der Waals surface area contributed by atoms with Crippen molar-refractivity contribution in [3.63, 3.8) is 0 Å². The number of aliphatic carboxylic acids is 1. The number of Topliss-reactive ketones (excluding diaryl/α,β-unsaturated/α-hetero) is 1. The van der Waals surface area contributed by atoms with E-state index < -0.39 is 11.4 Å². The van der Waals surface area contributed by atoms with Crippen molar-refractivity contribution >= 4 is 23.3 Å². The van der Waals surface area contributed by atoms with E-state index in [0.717, 1.165) is 0 Å². The number of carboxylic acids is 1. The topological polar surface area (TPSA) is 92.7 Å². The van der Waals surface area contributed by atoms with Gasteiger partial charge in [-0.05, 0) is 55.8 Å². The first-order valence-electron chi connectivity index (χ1n) is 8.55. The number of rotatable bonds is 8. The van der Waals surface area contributed by atoms with Crippen molar-refractivity contribution < 1.29 is 24.2 Å². The Morgan fingerprint density at radius 2 is 1.56 bits per heavy atom. The molecule has 2 aromatic rings. The molecule has 0 aliphatic rings. The third-order valence-corrected chi connectivity index (χ3v) is 4.42. The van der Waals surface area contributed by atoms with Crippen LogP contribution >= 0.6 is 0 Å². The van der Waals surface area contributed by atoms with Crippen LogP contribution in [-0.2, 0) is 15.0 Å². The molecule has 1 amide bonds. The van der Waals surface area contributed by atoms with Crippen molar-refractivity contribution in [1.82, 2.24) is 0 Å². The van der Waals surface area contributed by atoms with Gasteiger partial charge in [0.15, 0.2) is 5.78 Å². The van der Waals surface area contributed by atoms with E-state index in [4.69, 9.17) is 4.74 Å². The second kappa shape index (κ2) is 8.49. The van der Waals surface area contributed by atoms with Crippen LogP contribution in [0, 0.1) is 0 Å². The fraction of sp³-hybridized carbons (Fsp3) is 0.286. The average Bonchev–Trinajstić information content (AvgIpc) is 2.66. The molecule has 142 valence electrons. The van der Waals surface area contributed by atoms with Gasteiger partial charge in [0, 0.05) is 24.1 Å². The van der Waals surface area contributed by atoms with Gasteiger partial charge in [-0.15, -0.1) is 0 Å². The Kier molecular flexibility index (Phi) is 6.34. The molecule has 0 unspecified atom stereocenters. The van der Waals surface area contributed by atoms with Crippen LogP contribution in [0.15, 0.2) is 48.5 Å². The number of hydrogen-bond acceptors (Lipinski definition) is 4. The minimum atomic E-state index is -1.01. The van der Waals surface area contributed by atoms with Crippen LogP contribution in [0.25, 0.3) is 0 Å².